The highest BCUT2D eigenvalue weighted by atomic mass is 19.4. The van der Waals surface area contributed by atoms with Gasteiger partial charge in [-0.25, -0.2) is 4.39 Å². The van der Waals surface area contributed by atoms with E-state index in [9.17, 15) is 22.4 Å². The predicted octanol–water partition coefficient (Wildman–Crippen LogP) is 5.37. The van der Waals surface area contributed by atoms with Crippen LogP contribution in [0.25, 0.3) is 0 Å². The number of nitrogens with zero attached hydrogens (tertiary/aromatic N) is 1. The van der Waals surface area contributed by atoms with Gasteiger partial charge < -0.3 is 4.90 Å². The van der Waals surface area contributed by atoms with Crippen LogP contribution in [0, 0.1) is 11.7 Å². The third-order valence-electron chi connectivity index (χ3n) is 5.35. The van der Waals surface area contributed by atoms with E-state index in [0.717, 1.165) is 50.2 Å². The number of halogens is 4. The predicted molar refractivity (Wildman–Crippen MR) is 99.7 cm³/mol. The van der Waals surface area contributed by atoms with Gasteiger partial charge in [-0.1, -0.05) is 12.1 Å². The Morgan fingerprint density at radius 3 is 2.14 bits per heavy atom. The third-order valence-corrected chi connectivity index (χ3v) is 5.35. The highest BCUT2D eigenvalue weighted by molar-refractivity contribution is 5.96. The first-order valence-corrected chi connectivity index (χ1v) is 9.48. The normalized spacial score (nSPS) is 16.3. The summed E-state index contributed by atoms with van der Waals surface area (Å²) < 4.78 is 50.8. The molecule has 6 heteroatoms. The fourth-order valence-corrected chi connectivity index (χ4v) is 3.58. The van der Waals surface area contributed by atoms with E-state index in [-0.39, 0.29) is 11.6 Å². The van der Waals surface area contributed by atoms with Crippen LogP contribution in [-0.2, 0) is 12.6 Å². The maximum absolute atomic E-state index is 13.0. The van der Waals surface area contributed by atoms with Crippen molar-refractivity contribution in [2.24, 2.45) is 5.92 Å². The molecule has 2 aromatic carbocycles. The monoisotopic (exact) mass is 393 g/mol. The Morgan fingerprint density at radius 1 is 0.964 bits per heavy atom. The minimum absolute atomic E-state index is 0.0446. The number of rotatable bonds is 6. The summed E-state index contributed by atoms with van der Waals surface area (Å²) in [6.45, 7) is 2.55. The number of benzene rings is 2. The van der Waals surface area contributed by atoms with Crippen LogP contribution >= 0.6 is 0 Å². The molecular weight excluding hydrogens is 370 g/mol. The molecule has 0 aliphatic carbocycles. The zero-order valence-corrected chi connectivity index (χ0v) is 15.5. The molecule has 2 nitrogen and oxygen atoms in total. The Labute approximate surface area is 162 Å². The third kappa shape index (κ3) is 5.64. The van der Waals surface area contributed by atoms with Gasteiger partial charge in [0.1, 0.15) is 5.82 Å². The second-order valence-corrected chi connectivity index (χ2v) is 7.36. The van der Waals surface area contributed by atoms with Crippen LogP contribution in [0.3, 0.4) is 0 Å². The molecule has 1 fully saturated rings. The van der Waals surface area contributed by atoms with E-state index in [1.807, 2.05) is 0 Å². The Hall–Kier alpha value is -2.21. The fraction of sp³-hybridized carbons (Fsp3) is 0.409. The molecule has 0 atom stereocenters. The van der Waals surface area contributed by atoms with Crippen molar-refractivity contribution >= 4 is 5.78 Å². The maximum atomic E-state index is 13.0. The van der Waals surface area contributed by atoms with E-state index in [1.54, 1.807) is 0 Å². The topological polar surface area (TPSA) is 20.3 Å². The van der Waals surface area contributed by atoms with Gasteiger partial charge in [-0.2, -0.15) is 13.2 Å². The molecule has 1 aliphatic heterocycles. The van der Waals surface area contributed by atoms with E-state index in [1.165, 1.54) is 36.4 Å². The van der Waals surface area contributed by atoms with Gasteiger partial charge >= 0.3 is 6.18 Å². The second kappa shape index (κ2) is 8.86. The molecule has 0 unspecified atom stereocenters. The number of hydrogen-bond donors (Lipinski definition) is 0. The molecule has 0 bridgehead atoms. The van der Waals surface area contributed by atoms with Crippen molar-refractivity contribution in [1.82, 2.24) is 4.90 Å². The first-order valence-electron chi connectivity index (χ1n) is 9.48. The average Bonchev–Trinajstić information content (AvgIpc) is 2.67. The molecule has 150 valence electrons. The minimum Gasteiger partial charge on any atom is -0.303 e. The molecule has 2 aromatic rings. The van der Waals surface area contributed by atoms with E-state index in [2.05, 4.69) is 4.90 Å². The van der Waals surface area contributed by atoms with Gasteiger partial charge in [0.15, 0.2) is 5.78 Å². The summed E-state index contributed by atoms with van der Waals surface area (Å²) in [7, 11) is 0. The van der Waals surface area contributed by atoms with Crippen LogP contribution in [0.2, 0.25) is 0 Å². The number of Topliss-reactive ketones (excluding diaryl/α,β-unsaturated/α-hetero) is 1. The van der Waals surface area contributed by atoms with E-state index < -0.39 is 11.7 Å². The van der Waals surface area contributed by atoms with Gasteiger partial charge in [-0.05, 0) is 80.2 Å². The molecule has 0 aromatic heterocycles. The molecule has 0 radical (unpaired) electrons. The Bertz CT molecular complexity index is 776. The van der Waals surface area contributed by atoms with E-state index in [4.69, 9.17) is 0 Å². The van der Waals surface area contributed by atoms with Crippen molar-refractivity contribution in [2.45, 2.75) is 31.9 Å². The number of carbonyl (C=O) groups excluding carboxylic acids is 1. The van der Waals surface area contributed by atoms with Crippen molar-refractivity contribution in [3.05, 3.63) is 71.0 Å². The van der Waals surface area contributed by atoms with Crippen LogP contribution in [-0.4, -0.2) is 30.3 Å². The summed E-state index contributed by atoms with van der Waals surface area (Å²) in [6.07, 6.45) is -1.29. The Morgan fingerprint density at radius 2 is 1.57 bits per heavy atom. The number of alkyl halides is 3. The largest absolute Gasteiger partial charge is 0.416 e. The highest BCUT2D eigenvalue weighted by Gasteiger charge is 2.30. The lowest BCUT2D eigenvalue weighted by Crippen LogP contribution is -2.35. The van der Waals surface area contributed by atoms with Gasteiger partial charge in [-0.3, -0.25) is 4.79 Å². The van der Waals surface area contributed by atoms with Crippen LogP contribution in [0.15, 0.2) is 48.5 Å². The van der Waals surface area contributed by atoms with Crippen LogP contribution < -0.4 is 0 Å². The summed E-state index contributed by atoms with van der Waals surface area (Å²) in [6, 6.07) is 11.0. The molecule has 1 aliphatic rings. The Kier molecular flexibility index (Phi) is 6.50. The lowest BCUT2D eigenvalue weighted by Gasteiger charge is -2.31. The molecule has 3 rings (SSSR count). The minimum atomic E-state index is -4.30. The second-order valence-electron chi connectivity index (χ2n) is 7.36. The van der Waals surface area contributed by atoms with Crippen LogP contribution in [0.4, 0.5) is 17.6 Å². The zero-order chi connectivity index (χ0) is 20.1. The van der Waals surface area contributed by atoms with E-state index in [0.29, 0.717) is 24.3 Å². The summed E-state index contributed by atoms with van der Waals surface area (Å²) in [5.74, 6) is 0.0148. The summed E-state index contributed by atoms with van der Waals surface area (Å²) >= 11 is 0. The van der Waals surface area contributed by atoms with Crippen molar-refractivity contribution in [3.63, 3.8) is 0 Å². The number of piperidine rings is 1. The smallest absolute Gasteiger partial charge is 0.303 e. The summed E-state index contributed by atoms with van der Waals surface area (Å²) in [4.78, 5) is 14.6. The molecule has 0 amide bonds. The number of likely N-dealkylation sites (tertiary alicyclic amines) is 1. The van der Waals surface area contributed by atoms with Crippen molar-refractivity contribution in [3.8, 4) is 0 Å². The van der Waals surface area contributed by atoms with Crippen molar-refractivity contribution in [2.75, 3.05) is 19.6 Å². The molecule has 28 heavy (non-hydrogen) atoms. The van der Waals surface area contributed by atoms with Crippen molar-refractivity contribution < 1.29 is 22.4 Å². The van der Waals surface area contributed by atoms with Gasteiger partial charge in [0, 0.05) is 18.5 Å². The highest BCUT2D eigenvalue weighted by Crippen LogP contribution is 2.29. The van der Waals surface area contributed by atoms with Crippen LogP contribution in [0.1, 0.15) is 40.7 Å². The molecule has 1 heterocycles. The number of hydrogen-bond acceptors (Lipinski definition) is 2. The standard InChI is InChI=1S/C22H23F4NO/c23-20-7-3-18(4-8-20)21(28)15-17-10-13-27(14-11-17)12-9-16-1-5-19(6-2-16)22(24,25)26/h1-8,17H,9-15H2. The quantitative estimate of drug-likeness (QED) is 0.486. The van der Waals surface area contributed by atoms with Crippen LogP contribution in [0.5, 0.6) is 0 Å². The van der Waals surface area contributed by atoms with Gasteiger partial charge in [0.05, 0.1) is 5.56 Å². The Balaban J connectivity index is 1.41. The summed E-state index contributed by atoms with van der Waals surface area (Å²) in [5.41, 5.74) is 0.815. The van der Waals surface area contributed by atoms with Gasteiger partial charge in [0.25, 0.3) is 0 Å². The number of ketones is 1. The molecule has 0 spiro atoms. The maximum Gasteiger partial charge on any atom is 0.416 e. The molecule has 0 saturated carbocycles. The fourth-order valence-electron chi connectivity index (χ4n) is 3.58. The average molecular weight is 393 g/mol. The van der Waals surface area contributed by atoms with Gasteiger partial charge in [0.2, 0.25) is 0 Å². The zero-order valence-electron chi connectivity index (χ0n) is 15.5. The lowest BCUT2D eigenvalue weighted by molar-refractivity contribution is -0.137. The first-order chi connectivity index (χ1) is 13.3. The summed E-state index contributed by atoms with van der Waals surface area (Å²) in [5, 5.41) is 0. The molecule has 1 saturated heterocycles. The van der Waals surface area contributed by atoms with Crippen molar-refractivity contribution in [1.29, 1.82) is 0 Å². The molecular formula is C22H23F4NO. The molecule has 0 N–H and O–H groups in total. The lowest BCUT2D eigenvalue weighted by atomic mass is 9.89. The number of carbonyl (C=O) groups is 1. The SMILES string of the molecule is O=C(CC1CCN(CCc2ccc(C(F)(F)F)cc2)CC1)c1ccc(F)cc1. The van der Waals surface area contributed by atoms with E-state index >= 15 is 0 Å². The first kappa shape index (κ1) is 20.5. The van der Waals surface area contributed by atoms with Gasteiger partial charge in [-0.15, -0.1) is 0 Å².